The van der Waals surface area contributed by atoms with Gasteiger partial charge in [0.1, 0.15) is 5.82 Å². The maximum Gasteiger partial charge on any atom is 0.251 e. The van der Waals surface area contributed by atoms with E-state index < -0.39 is 0 Å². The van der Waals surface area contributed by atoms with Crippen molar-refractivity contribution in [2.24, 2.45) is 0 Å². The molecule has 2 atom stereocenters. The second-order valence-electron chi connectivity index (χ2n) is 16.8. The Kier molecular flexibility index (Phi) is 12.4. The monoisotopic (exact) mass is 834 g/mol. The molecular weight excluding hydrogens is 780 g/mol. The molecule has 4 aromatic carbocycles. The number of ether oxygens (including phenoxy) is 1. The molecule has 6 aromatic rings. The highest BCUT2D eigenvalue weighted by Crippen LogP contribution is 2.35. The summed E-state index contributed by atoms with van der Waals surface area (Å²) in [6.07, 6.45) is 5.50. The van der Waals surface area contributed by atoms with E-state index in [2.05, 4.69) is 80.2 Å². The van der Waals surface area contributed by atoms with Gasteiger partial charge in [0.05, 0.1) is 17.3 Å². The number of anilines is 1. The number of benzene rings is 4. The van der Waals surface area contributed by atoms with Gasteiger partial charge in [-0.2, -0.15) is 5.10 Å². The van der Waals surface area contributed by atoms with E-state index in [1.165, 1.54) is 18.1 Å². The number of pyridine rings is 1. The molecule has 11 nitrogen and oxygen atoms in total. The first-order chi connectivity index (χ1) is 30.3. The predicted molar refractivity (Wildman–Crippen MR) is 240 cm³/mol. The van der Waals surface area contributed by atoms with Gasteiger partial charge in [-0.05, 0) is 91.3 Å². The first-order valence-electron chi connectivity index (χ1n) is 22.1. The molecule has 0 spiro atoms. The van der Waals surface area contributed by atoms with Crippen LogP contribution in [0.25, 0.3) is 22.2 Å². The van der Waals surface area contributed by atoms with E-state index in [0.717, 1.165) is 83.7 Å². The van der Waals surface area contributed by atoms with Crippen molar-refractivity contribution in [2.75, 3.05) is 31.6 Å². The molecule has 5 heterocycles. The molecule has 3 fully saturated rings. The minimum absolute atomic E-state index is 0.200. The highest BCUT2D eigenvalue weighted by molar-refractivity contribution is 6.00. The summed E-state index contributed by atoms with van der Waals surface area (Å²) in [5.74, 6) is -0.929. The summed E-state index contributed by atoms with van der Waals surface area (Å²) < 4.78 is 22.9. The van der Waals surface area contributed by atoms with Crippen LogP contribution in [0.1, 0.15) is 81.8 Å². The van der Waals surface area contributed by atoms with Gasteiger partial charge >= 0.3 is 0 Å². The molecule has 12 heteroatoms. The molecule has 0 saturated carbocycles. The van der Waals surface area contributed by atoms with Crippen LogP contribution in [-0.4, -0.2) is 80.8 Å². The summed E-state index contributed by atoms with van der Waals surface area (Å²) in [4.78, 5) is 37.3. The number of fused-ring (bicyclic) bond motifs is 3. The Morgan fingerprint density at radius 1 is 0.774 bits per heavy atom. The number of carbonyl (C=O) groups is 2. The van der Waals surface area contributed by atoms with E-state index in [1.807, 2.05) is 36.0 Å². The van der Waals surface area contributed by atoms with Crippen molar-refractivity contribution < 1.29 is 18.7 Å². The van der Waals surface area contributed by atoms with E-state index in [-0.39, 0.29) is 36.8 Å². The van der Waals surface area contributed by atoms with E-state index in [0.29, 0.717) is 55.0 Å². The first-order valence-corrected chi connectivity index (χ1v) is 22.1. The van der Waals surface area contributed by atoms with Gasteiger partial charge in [0, 0.05) is 105 Å². The number of rotatable bonds is 15. The Morgan fingerprint density at radius 3 is 2.18 bits per heavy atom. The highest BCUT2D eigenvalue weighted by Gasteiger charge is 2.42. The Hall–Kier alpha value is -5.95. The fourth-order valence-electron chi connectivity index (χ4n) is 9.47. The van der Waals surface area contributed by atoms with Crippen molar-refractivity contribution >= 4 is 28.5 Å². The zero-order valence-electron chi connectivity index (χ0n) is 35.6. The number of carbonyl (C=O) groups excluding carboxylic acids is 2. The van der Waals surface area contributed by atoms with Crippen LogP contribution in [-0.2, 0) is 43.9 Å². The van der Waals surface area contributed by atoms with Gasteiger partial charge < -0.3 is 20.7 Å². The largest absolute Gasteiger partial charge is 0.381 e. The third-order valence-corrected chi connectivity index (χ3v) is 12.8. The number of piperazine rings is 1. The third-order valence-electron chi connectivity index (χ3n) is 12.8. The first kappa shape index (κ1) is 41.4. The lowest BCUT2D eigenvalue weighted by atomic mass is 10.00. The number of nitrogens with zero attached hydrogens (tertiary/aromatic N) is 5. The minimum atomic E-state index is -0.325. The lowest BCUT2D eigenvalue weighted by Gasteiger charge is -2.34. The lowest BCUT2D eigenvalue weighted by Crippen LogP contribution is -2.45. The van der Waals surface area contributed by atoms with Crippen LogP contribution in [0.15, 0.2) is 103 Å². The summed E-state index contributed by atoms with van der Waals surface area (Å²) in [6, 6.07) is 31.8. The lowest BCUT2D eigenvalue weighted by molar-refractivity contribution is 0.0904. The molecule has 3 aliphatic heterocycles. The van der Waals surface area contributed by atoms with Crippen molar-refractivity contribution in [1.82, 2.24) is 35.2 Å². The summed E-state index contributed by atoms with van der Waals surface area (Å²) in [5, 5.41) is 15.4. The smallest absolute Gasteiger partial charge is 0.251 e. The standard InChI is InChI=1S/C50H55FN8O3/c1-3-46-43(47(55-39-18-20-62-21-19-39)44-28-54-59(4-2)48(44)56-46)27-53-50(61)38-15-9-14-37(24-38)49(60)52-26-34-16-17-45(51)42(23-34)36-13-8-12-35(22-36)30-58-32-40-25-41(58)31-57(40)29-33-10-6-5-7-11-33/h5-17,22-24,28,39-41H,3-4,18-21,25-27,29-32H2,1-2H3,(H,52,60)(H,53,61)(H,55,56)/t40-,41-/m0/s1. The zero-order valence-corrected chi connectivity index (χ0v) is 35.6. The second-order valence-corrected chi connectivity index (χ2v) is 16.8. The van der Waals surface area contributed by atoms with E-state index in [1.54, 1.807) is 30.3 Å². The van der Waals surface area contributed by atoms with Gasteiger partial charge in [0.2, 0.25) is 0 Å². The number of amides is 2. The van der Waals surface area contributed by atoms with E-state index >= 15 is 4.39 Å². The van der Waals surface area contributed by atoms with Gasteiger partial charge in [-0.15, -0.1) is 0 Å². The summed E-state index contributed by atoms with van der Waals surface area (Å²) in [7, 11) is 0. The van der Waals surface area contributed by atoms with Crippen molar-refractivity contribution in [3.8, 4) is 11.1 Å². The molecule has 320 valence electrons. The summed E-state index contributed by atoms with van der Waals surface area (Å²) in [6.45, 7) is 10.6. The number of nitrogens with one attached hydrogen (secondary N) is 3. The second kappa shape index (κ2) is 18.6. The fraction of sp³-hybridized carbons (Fsp3) is 0.360. The maximum absolute atomic E-state index is 15.4. The SMILES string of the molecule is CCc1nc2c(cnn2CC)c(NC2CCOCC2)c1CNC(=O)c1cccc(C(=O)NCc2ccc(F)c(-c3cccc(CN4C[C@@H]5C[C@H]4CN5Cc4ccccc4)c3)c2)c1. The van der Waals surface area contributed by atoms with Gasteiger partial charge in [0.25, 0.3) is 11.8 Å². The molecule has 9 rings (SSSR count). The molecular formula is C50H55FN8O3. The van der Waals surface area contributed by atoms with Crippen LogP contribution in [0.4, 0.5) is 10.1 Å². The molecule has 3 N–H and O–H groups in total. The molecule has 0 aliphatic carbocycles. The zero-order chi connectivity index (χ0) is 42.6. The minimum Gasteiger partial charge on any atom is -0.381 e. The molecule has 2 aromatic heterocycles. The van der Waals surface area contributed by atoms with Gasteiger partial charge in [-0.1, -0.05) is 67.6 Å². The molecule has 62 heavy (non-hydrogen) atoms. The maximum atomic E-state index is 15.4. The average Bonchev–Trinajstić information content (AvgIpc) is 4.03. The summed E-state index contributed by atoms with van der Waals surface area (Å²) in [5.41, 5.74) is 8.93. The molecule has 3 saturated heterocycles. The Morgan fingerprint density at radius 2 is 1.47 bits per heavy atom. The number of aromatic nitrogens is 3. The van der Waals surface area contributed by atoms with Crippen LogP contribution in [0.5, 0.6) is 0 Å². The third kappa shape index (κ3) is 8.99. The Bertz CT molecular complexity index is 2560. The molecule has 0 radical (unpaired) electrons. The Labute approximate surface area is 362 Å². The number of hydrogen-bond donors (Lipinski definition) is 3. The number of hydrogen-bond acceptors (Lipinski definition) is 8. The van der Waals surface area contributed by atoms with Crippen LogP contribution in [0, 0.1) is 5.82 Å². The Balaban J connectivity index is 0.829. The van der Waals surface area contributed by atoms with Crippen LogP contribution in [0.2, 0.25) is 0 Å². The van der Waals surface area contributed by atoms with Gasteiger partial charge in [0.15, 0.2) is 5.65 Å². The topological polar surface area (TPSA) is 117 Å². The van der Waals surface area contributed by atoms with Gasteiger partial charge in [-0.25, -0.2) is 14.1 Å². The normalized spacial score (nSPS) is 18.0. The molecule has 2 bridgehead atoms. The number of halogens is 1. The molecule has 3 aliphatic rings. The quantitative estimate of drug-likeness (QED) is 0.0964. The van der Waals surface area contributed by atoms with E-state index in [4.69, 9.17) is 9.72 Å². The fourth-order valence-corrected chi connectivity index (χ4v) is 9.47. The van der Waals surface area contributed by atoms with Crippen LogP contribution in [0.3, 0.4) is 0 Å². The summed E-state index contributed by atoms with van der Waals surface area (Å²) >= 11 is 0. The van der Waals surface area contributed by atoms with Crippen molar-refractivity contribution in [2.45, 2.75) is 90.4 Å². The van der Waals surface area contributed by atoms with Crippen LogP contribution >= 0.6 is 0 Å². The van der Waals surface area contributed by atoms with Gasteiger partial charge in [-0.3, -0.25) is 19.4 Å². The van der Waals surface area contributed by atoms with Crippen LogP contribution < -0.4 is 16.0 Å². The number of likely N-dealkylation sites (tertiary alicyclic amines) is 2. The average molecular weight is 835 g/mol. The van der Waals surface area contributed by atoms with Crippen molar-refractivity contribution in [3.63, 3.8) is 0 Å². The van der Waals surface area contributed by atoms with Crippen molar-refractivity contribution in [1.29, 1.82) is 0 Å². The highest BCUT2D eigenvalue weighted by atomic mass is 19.1. The predicted octanol–water partition coefficient (Wildman–Crippen LogP) is 7.73. The number of aryl methyl sites for hydroxylation is 2. The van der Waals surface area contributed by atoms with Crippen molar-refractivity contribution in [3.05, 3.63) is 148 Å². The van der Waals surface area contributed by atoms with E-state index in [9.17, 15) is 9.59 Å². The molecule has 0 unspecified atom stereocenters. The molecule has 2 amide bonds.